The van der Waals surface area contributed by atoms with Gasteiger partial charge in [0.25, 0.3) is 0 Å². The maximum absolute atomic E-state index is 5.97. The lowest BCUT2D eigenvalue weighted by Crippen LogP contribution is -2.33. The molecule has 0 heterocycles. The third kappa shape index (κ3) is 19.3. The summed E-state index contributed by atoms with van der Waals surface area (Å²) in [6.45, 7) is 11.4. The summed E-state index contributed by atoms with van der Waals surface area (Å²) in [6.07, 6.45) is 24.5. The van der Waals surface area contributed by atoms with E-state index in [0.717, 1.165) is 42.5 Å². The molecule has 0 saturated heterocycles. The summed E-state index contributed by atoms with van der Waals surface area (Å²) in [5.74, 6) is 6.47. The smallest absolute Gasteiger partial charge is 0.209 e. The highest BCUT2D eigenvalue weighted by Crippen LogP contribution is 2.10. The largest absolute Gasteiger partial charge is 0.479 e. The van der Waals surface area contributed by atoms with Gasteiger partial charge >= 0.3 is 0 Å². The summed E-state index contributed by atoms with van der Waals surface area (Å²) in [5.41, 5.74) is 1.44. The lowest BCUT2D eigenvalue weighted by Gasteiger charge is -2.14. The van der Waals surface area contributed by atoms with Crippen LogP contribution < -0.4 is 5.84 Å². The number of hydrazine groups is 1. The first kappa shape index (κ1) is 31.1. The number of likely N-dealkylation sites (N-methyl/N-ethyl adjacent to an activating group) is 2. The minimum Gasteiger partial charge on any atom is -0.479 e. The Morgan fingerprint density at radius 3 is 2.61 bits per heavy atom. The number of unbranched alkanes of at least 4 members (excludes halogenated alkanes) is 2. The Kier molecular flexibility index (Phi) is 19.5. The molecule has 0 radical (unpaired) electrons. The van der Waals surface area contributed by atoms with E-state index in [0.29, 0.717) is 19.6 Å². The summed E-state index contributed by atoms with van der Waals surface area (Å²) < 4.78 is 6.96. The molecule has 6 heteroatoms. The van der Waals surface area contributed by atoms with Gasteiger partial charge in [-0.1, -0.05) is 76.7 Å². The lowest BCUT2D eigenvalue weighted by atomic mass is 10.1. The average Bonchev–Trinajstić information content (AvgIpc) is 2.76. The van der Waals surface area contributed by atoms with E-state index in [9.17, 15) is 0 Å². The van der Waals surface area contributed by atoms with Gasteiger partial charge in [-0.05, 0) is 59.0 Å². The van der Waals surface area contributed by atoms with Crippen LogP contribution in [0, 0.1) is 0 Å². The molecule has 2 N–H and O–H groups in total. The van der Waals surface area contributed by atoms with Crippen molar-refractivity contribution in [2.24, 2.45) is 10.9 Å². The standard InChI is InChI=1S/C27H45BrN4O/c1-7-9-21-27(30-31(5)22-15-20-26(28)16-8-2)33-23-14-13-18-24(3)17-11-10-12-19-25(4)32(6)29/h7-9,12,15-17,19-20,25H,2,10-11,13-14,18,21-23,29H2,1,3-6H3/b9-7-,19-12-,20-15-,24-17?,26-16+,30-27+. The van der Waals surface area contributed by atoms with Crippen LogP contribution in [0.1, 0.15) is 59.3 Å². The lowest BCUT2D eigenvalue weighted by molar-refractivity contribution is 0.270. The Bertz CT molecular complexity index is 705. The predicted octanol–water partition coefficient (Wildman–Crippen LogP) is 6.88. The molecule has 0 fully saturated rings. The second kappa shape index (κ2) is 20.7. The van der Waals surface area contributed by atoms with Crippen molar-refractivity contribution in [2.45, 2.75) is 65.3 Å². The second-order valence-corrected chi connectivity index (χ2v) is 8.98. The molecule has 0 saturated carbocycles. The zero-order valence-electron chi connectivity index (χ0n) is 21.3. The van der Waals surface area contributed by atoms with Crippen molar-refractivity contribution >= 4 is 21.8 Å². The van der Waals surface area contributed by atoms with E-state index in [-0.39, 0.29) is 6.04 Å². The number of ether oxygens (including phenoxy) is 1. The summed E-state index contributed by atoms with van der Waals surface area (Å²) in [7, 11) is 3.84. The second-order valence-electron chi connectivity index (χ2n) is 8.06. The molecule has 0 aliphatic heterocycles. The topological polar surface area (TPSA) is 54.1 Å². The molecule has 0 rings (SSSR count). The minimum absolute atomic E-state index is 0.272. The van der Waals surface area contributed by atoms with E-state index < -0.39 is 0 Å². The fourth-order valence-corrected chi connectivity index (χ4v) is 3.09. The minimum atomic E-state index is 0.272. The highest BCUT2D eigenvalue weighted by atomic mass is 79.9. The van der Waals surface area contributed by atoms with Crippen LogP contribution in [-0.4, -0.2) is 49.2 Å². The molecule has 186 valence electrons. The zero-order chi connectivity index (χ0) is 24.9. The van der Waals surface area contributed by atoms with Gasteiger partial charge in [0.2, 0.25) is 5.90 Å². The third-order valence-electron chi connectivity index (χ3n) is 4.85. The molecule has 1 atom stereocenters. The first-order valence-corrected chi connectivity index (χ1v) is 12.6. The molecule has 0 bridgehead atoms. The van der Waals surface area contributed by atoms with E-state index >= 15 is 0 Å². The number of halogens is 1. The van der Waals surface area contributed by atoms with Gasteiger partial charge < -0.3 is 4.74 Å². The van der Waals surface area contributed by atoms with Crippen molar-refractivity contribution in [3.63, 3.8) is 0 Å². The first-order chi connectivity index (χ1) is 15.8. The SMILES string of the molecule is C=C/C=C(Br)\C=C/CN(C)/N=C(\C/C=C\C)OCCCCC(C)=CCC/C=C\C(C)N(C)N. The van der Waals surface area contributed by atoms with E-state index in [1.54, 1.807) is 11.1 Å². The van der Waals surface area contributed by atoms with E-state index in [1.165, 1.54) is 5.57 Å². The van der Waals surface area contributed by atoms with Gasteiger partial charge in [-0.25, -0.2) is 5.01 Å². The highest BCUT2D eigenvalue weighted by molar-refractivity contribution is 9.11. The number of rotatable bonds is 17. The number of allylic oxidation sites excluding steroid dienone is 8. The fraction of sp³-hybridized carbons (Fsp3) is 0.519. The normalized spacial score (nSPS) is 14.7. The summed E-state index contributed by atoms with van der Waals surface area (Å²) in [4.78, 5) is 0. The Labute approximate surface area is 211 Å². The first-order valence-electron chi connectivity index (χ1n) is 11.8. The van der Waals surface area contributed by atoms with Crippen LogP contribution in [-0.2, 0) is 4.74 Å². The number of hydrogen-bond donors (Lipinski definition) is 1. The molecular weight excluding hydrogens is 476 g/mol. The Morgan fingerprint density at radius 2 is 1.94 bits per heavy atom. The predicted molar refractivity (Wildman–Crippen MR) is 149 cm³/mol. The van der Waals surface area contributed by atoms with E-state index in [2.05, 4.69) is 65.8 Å². The Balaban J connectivity index is 4.34. The summed E-state index contributed by atoms with van der Waals surface area (Å²) >= 11 is 3.46. The average molecular weight is 522 g/mol. The van der Waals surface area contributed by atoms with Crippen LogP contribution >= 0.6 is 15.9 Å². The van der Waals surface area contributed by atoms with E-state index in [1.807, 2.05) is 50.3 Å². The third-order valence-corrected chi connectivity index (χ3v) is 5.38. The van der Waals surface area contributed by atoms with Gasteiger partial charge in [0, 0.05) is 31.0 Å². The number of hydrazone groups is 1. The van der Waals surface area contributed by atoms with Crippen LogP contribution in [0.5, 0.6) is 0 Å². The van der Waals surface area contributed by atoms with Gasteiger partial charge in [-0.3, -0.25) is 10.9 Å². The van der Waals surface area contributed by atoms with Gasteiger partial charge in [0.05, 0.1) is 13.2 Å². The molecule has 0 aliphatic carbocycles. The monoisotopic (exact) mass is 520 g/mol. The van der Waals surface area contributed by atoms with Crippen molar-refractivity contribution in [1.82, 2.24) is 10.0 Å². The molecule has 5 nitrogen and oxygen atoms in total. The van der Waals surface area contributed by atoms with Crippen LogP contribution in [0.25, 0.3) is 0 Å². The van der Waals surface area contributed by atoms with Gasteiger partial charge in [-0.15, -0.1) is 5.10 Å². The Morgan fingerprint density at radius 1 is 1.18 bits per heavy atom. The van der Waals surface area contributed by atoms with Crippen molar-refractivity contribution in [1.29, 1.82) is 0 Å². The fourth-order valence-electron chi connectivity index (χ4n) is 2.72. The van der Waals surface area contributed by atoms with Gasteiger partial charge in [0.1, 0.15) is 0 Å². The van der Waals surface area contributed by atoms with Crippen molar-refractivity contribution in [3.8, 4) is 0 Å². The molecule has 0 aliphatic rings. The summed E-state index contributed by atoms with van der Waals surface area (Å²) in [6, 6.07) is 0.272. The van der Waals surface area contributed by atoms with Crippen molar-refractivity contribution < 1.29 is 4.74 Å². The van der Waals surface area contributed by atoms with Gasteiger partial charge in [0.15, 0.2) is 0 Å². The maximum Gasteiger partial charge on any atom is 0.209 e. The maximum atomic E-state index is 5.97. The van der Waals surface area contributed by atoms with Gasteiger partial charge in [-0.2, -0.15) is 0 Å². The molecule has 0 spiro atoms. The molecule has 0 aromatic carbocycles. The van der Waals surface area contributed by atoms with Crippen LogP contribution in [0.2, 0.25) is 0 Å². The van der Waals surface area contributed by atoms with Crippen molar-refractivity contribution in [3.05, 3.63) is 71.3 Å². The van der Waals surface area contributed by atoms with Crippen LogP contribution in [0.15, 0.2) is 76.4 Å². The summed E-state index contributed by atoms with van der Waals surface area (Å²) in [5, 5.41) is 8.21. The molecular formula is C27H45BrN4O. The van der Waals surface area contributed by atoms with E-state index in [4.69, 9.17) is 10.6 Å². The van der Waals surface area contributed by atoms with Crippen LogP contribution in [0.4, 0.5) is 0 Å². The number of nitrogens with zero attached hydrogens (tertiary/aromatic N) is 3. The molecule has 1 unspecified atom stereocenters. The molecule has 0 aromatic heterocycles. The number of nitrogens with two attached hydrogens (primary N) is 1. The molecule has 33 heavy (non-hydrogen) atoms. The molecule has 0 amide bonds. The van der Waals surface area contributed by atoms with Crippen molar-refractivity contribution in [2.75, 3.05) is 27.2 Å². The highest BCUT2D eigenvalue weighted by Gasteiger charge is 2.02. The Hall–Kier alpha value is -1.89. The van der Waals surface area contributed by atoms with Crippen LogP contribution in [0.3, 0.4) is 0 Å². The number of hydrogen-bond acceptors (Lipinski definition) is 5. The molecule has 0 aromatic rings. The quantitative estimate of drug-likeness (QED) is 0.0431. The zero-order valence-corrected chi connectivity index (χ0v) is 22.9.